The van der Waals surface area contributed by atoms with Crippen molar-refractivity contribution >= 4 is 18.3 Å². The SMILES string of the molecule is CCCC(NC(=O)CCC1CCNC1)c1ccc(F)cc1F.Cl. The summed E-state index contributed by atoms with van der Waals surface area (Å²) < 4.78 is 26.9. The molecule has 130 valence electrons. The number of hydrogen-bond donors (Lipinski definition) is 2. The van der Waals surface area contributed by atoms with Gasteiger partial charge in [-0.3, -0.25) is 4.79 Å². The number of nitrogens with one attached hydrogen (secondary N) is 2. The first-order valence-corrected chi connectivity index (χ1v) is 8.05. The average Bonchev–Trinajstić information content (AvgIpc) is 2.98. The van der Waals surface area contributed by atoms with E-state index in [1.54, 1.807) is 0 Å². The summed E-state index contributed by atoms with van der Waals surface area (Å²) in [7, 11) is 0. The summed E-state index contributed by atoms with van der Waals surface area (Å²) in [5, 5.41) is 6.18. The summed E-state index contributed by atoms with van der Waals surface area (Å²) >= 11 is 0. The molecule has 3 nitrogen and oxygen atoms in total. The highest BCUT2D eigenvalue weighted by Gasteiger charge is 2.20. The molecule has 0 bridgehead atoms. The van der Waals surface area contributed by atoms with E-state index in [1.807, 2.05) is 6.92 Å². The Kier molecular flexibility index (Phi) is 8.48. The number of halogens is 3. The molecular weight excluding hydrogens is 322 g/mol. The fraction of sp³-hybridized carbons (Fsp3) is 0.588. The second kappa shape index (κ2) is 9.83. The van der Waals surface area contributed by atoms with E-state index in [4.69, 9.17) is 0 Å². The lowest BCUT2D eigenvalue weighted by Gasteiger charge is -2.20. The average molecular weight is 347 g/mol. The molecule has 1 aromatic carbocycles. The molecule has 0 saturated carbocycles. The van der Waals surface area contributed by atoms with Gasteiger partial charge in [-0.05, 0) is 44.3 Å². The minimum atomic E-state index is -0.600. The molecule has 2 unspecified atom stereocenters. The molecule has 0 aromatic heterocycles. The molecule has 23 heavy (non-hydrogen) atoms. The van der Waals surface area contributed by atoms with Gasteiger partial charge < -0.3 is 10.6 Å². The normalized spacial score (nSPS) is 18.3. The fourth-order valence-corrected chi connectivity index (χ4v) is 2.94. The van der Waals surface area contributed by atoms with Gasteiger partial charge in [-0.15, -0.1) is 12.4 Å². The molecule has 0 radical (unpaired) electrons. The van der Waals surface area contributed by atoms with Crippen molar-refractivity contribution in [3.8, 4) is 0 Å². The van der Waals surface area contributed by atoms with Crippen LogP contribution >= 0.6 is 12.4 Å². The Morgan fingerprint density at radius 3 is 2.83 bits per heavy atom. The zero-order valence-corrected chi connectivity index (χ0v) is 14.2. The second-order valence-corrected chi connectivity index (χ2v) is 5.97. The first-order chi connectivity index (χ1) is 10.6. The zero-order chi connectivity index (χ0) is 15.9. The maximum atomic E-state index is 13.9. The number of hydrogen-bond acceptors (Lipinski definition) is 2. The summed E-state index contributed by atoms with van der Waals surface area (Å²) in [6.07, 6.45) is 3.87. The van der Waals surface area contributed by atoms with Crippen molar-refractivity contribution in [2.24, 2.45) is 5.92 Å². The van der Waals surface area contributed by atoms with Gasteiger partial charge in [0.25, 0.3) is 0 Å². The second-order valence-electron chi connectivity index (χ2n) is 5.97. The topological polar surface area (TPSA) is 41.1 Å². The number of benzene rings is 1. The predicted molar refractivity (Wildman–Crippen MR) is 89.6 cm³/mol. The van der Waals surface area contributed by atoms with E-state index in [1.165, 1.54) is 12.1 Å². The Bertz CT molecular complexity index is 507. The van der Waals surface area contributed by atoms with Gasteiger partial charge in [0.05, 0.1) is 6.04 Å². The molecule has 1 fully saturated rings. The van der Waals surface area contributed by atoms with Crippen LogP contribution in [0.4, 0.5) is 8.78 Å². The highest BCUT2D eigenvalue weighted by Crippen LogP contribution is 2.23. The van der Waals surface area contributed by atoms with Gasteiger partial charge in [0.1, 0.15) is 11.6 Å². The summed E-state index contributed by atoms with van der Waals surface area (Å²) in [5.41, 5.74) is 0.360. The van der Waals surface area contributed by atoms with Crippen LogP contribution in [0.2, 0.25) is 0 Å². The van der Waals surface area contributed by atoms with Crippen molar-refractivity contribution in [3.63, 3.8) is 0 Å². The van der Waals surface area contributed by atoms with Gasteiger partial charge >= 0.3 is 0 Å². The fourth-order valence-electron chi connectivity index (χ4n) is 2.94. The molecule has 1 aliphatic rings. The lowest BCUT2D eigenvalue weighted by atomic mass is 9.99. The monoisotopic (exact) mass is 346 g/mol. The highest BCUT2D eigenvalue weighted by molar-refractivity contribution is 5.85. The van der Waals surface area contributed by atoms with Gasteiger partial charge in [0.2, 0.25) is 5.91 Å². The van der Waals surface area contributed by atoms with Crippen LogP contribution in [-0.4, -0.2) is 19.0 Å². The zero-order valence-electron chi connectivity index (χ0n) is 13.4. The summed E-state index contributed by atoms with van der Waals surface area (Å²) in [4.78, 5) is 12.1. The van der Waals surface area contributed by atoms with Crippen LogP contribution in [0.3, 0.4) is 0 Å². The Morgan fingerprint density at radius 2 is 2.22 bits per heavy atom. The third kappa shape index (κ3) is 6.07. The van der Waals surface area contributed by atoms with Crippen molar-refractivity contribution in [2.45, 2.75) is 45.1 Å². The quantitative estimate of drug-likeness (QED) is 0.789. The van der Waals surface area contributed by atoms with Crippen LogP contribution in [0.1, 0.15) is 50.6 Å². The van der Waals surface area contributed by atoms with Crippen LogP contribution in [0.15, 0.2) is 18.2 Å². The maximum absolute atomic E-state index is 13.9. The molecule has 1 aliphatic heterocycles. The first-order valence-electron chi connectivity index (χ1n) is 8.05. The van der Waals surface area contributed by atoms with Crippen molar-refractivity contribution < 1.29 is 13.6 Å². The van der Waals surface area contributed by atoms with E-state index in [2.05, 4.69) is 10.6 Å². The Labute approximate surface area is 142 Å². The molecule has 1 heterocycles. The predicted octanol–water partition coefficient (Wildman–Crippen LogP) is 3.73. The minimum absolute atomic E-state index is 0. The maximum Gasteiger partial charge on any atom is 0.220 e. The van der Waals surface area contributed by atoms with Gasteiger partial charge in [0, 0.05) is 18.1 Å². The molecule has 1 saturated heterocycles. The molecular formula is C17H25ClF2N2O. The van der Waals surface area contributed by atoms with E-state index in [-0.39, 0.29) is 24.4 Å². The molecule has 2 N–H and O–H groups in total. The van der Waals surface area contributed by atoms with Crippen LogP contribution in [0.25, 0.3) is 0 Å². The summed E-state index contributed by atoms with van der Waals surface area (Å²) in [6.45, 7) is 3.97. The lowest BCUT2D eigenvalue weighted by molar-refractivity contribution is -0.122. The number of amides is 1. The molecule has 1 aromatic rings. The summed E-state index contributed by atoms with van der Waals surface area (Å²) in [6, 6.07) is 3.14. The highest BCUT2D eigenvalue weighted by atomic mass is 35.5. The van der Waals surface area contributed by atoms with Crippen molar-refractivity contribution in [1.29, 1.82) is 0 Å². The smallest absolute Gasteiger partial charge is 0.220 e. The molecule has 0 spiro atoms. The van der Waals surface area contributed by atoms with E-state index in [9.17, 15) is 13.6 Å². The molecule has 2 atom stereocenters. The van der Waals surface area contributed by atoms with Gasteiger partial charge in [-0.2, -0.15) is 0 Å². The van der Waals surface area contributed by atoms with Crippen molar-refractivity contribution in [3.05, 3.63) is 35.4 Å². The van der Waals surface area contributed by atoms with Crippen LogP contribution < -0.4 is 10.6 Å². The standard InChI is InChI=1S/C17H24F2N2O.ClH/c1-2-3-16(14-6-5-13(18)10-15(14)19)21-17(22)7-4-12-8-9-20-11-12;/h5-6,10,12,16,20H,2-4,7-9,11H2,1H3,(H,21,22);1H. The third-order valence-electron chi connectivity index (χ3n) is 4.19. The number of carbonyl (C=O) groups excluding carboxylic acids is 1. The van der Waals surface area contributed by atoms with Crippen molar-refractivity contribution in [2.75, 3.05) is 13.1 Å². The largest absolute Gasteiger partial charge is 0.349 e. The number of rotatable bonds is 7. The molecule has 0 aliphatic carbocycles. The van der Waals surface area contributed by atoms with E-state index >= 15 is 0 Å². The molecule has 1 amide bonds. The first kappa shape index (κ1) is 19.8. The molecule has 2 rings (SSSR count). The van der Waals surface area contributed by atoms with E-state index < -0.39 is 11.6 Å². The van der Waals surface area contributed by atoms with Crippen LogP contribution in [-0.2, 0) is 4.79 Å². The molecule has 6 heteroatoms. The number of carbonyl (C=O) groups is 1. The lowest BCUT2D eigenvalue weighted by Crippen LogP contribution is -2.29. The van der Waals surface area contributed by atoms with Crippen LogP contribution in [0.5, 0.6) is 0 Å². The Balaban J connectivity index is 0.00000264. The van der Waals surface area contributed by atoms with E-state index in [0.717, 1.165) is 38.4 Å². The van der Waals surface area contributed by atoms with E-state index in [0.29, 0.717) is 24.3 Å². The summed E-state index contributed by atoms with van der Waals surface area (Å²) in [5.74, 6) is -0.706. The van der Waals surface area contributed by atoms with Gasteiger partial charge in [0.15, 0.2) is 0 Å². The Hall–Kier alpha value is -1.20. The Morgan fingerprint density at radius 1 is 1.43 bits per heavy atom. The van der Waals surface area contributed by atoms with Gasteiger partial charge in [-0.1, -0.05) is 19.4 Å². The van der Waals surface area contributed by atoms with Crippen LogP contribution in [0, 0.1) is 17.6 Å². The third-order valence-corrected chi connectivity index (χ3v) is 4.19. The van der Waals surface area contributed by atoms with Gasteiger partial charge in [-0.25, -0.2) is 8.78 Å². The van der Waals surface area contributed by atoms with Crippen molar-refractivity contribution in [1.82, 2.24) is 10.6 Å². The minimum Gasteiger partial charge on any atom is -0.349 e.